The number of esters is 1. The number of nitrogens with zero attached hydrogens (tertiary/aromatic N) is 1. The average Bonchev–Trinajstić information content (AvgIpc) is 3.30. The van der Waals surface area contributed by atoms with Gasteiger partial charge in [-0.25, -0.2) is 4.79 Å². The van der Waals surface area contributed by atoms with E-state index in [1.54, 1.807) is 28.1 Å². The Morgan fingerprint density at radius 3 is 2.32 bits per heavy atom. The number of hydrogen-bond acceptors (Lipinski definition) is 12. The lowest BCUT2D eigenvalue weighted by molar-refractivity contribution is -0.302. The summed E-state index contributed by atoms with van der Waals surface area (Å²) in [4.78, 5) is 58.5. The Morgan fingerprint density at radius 2 is 1.65 bits per heavy atom. The summed E-state index contributed by atoms with van der Waals surface area (Å²) in [5.74, 6) is -7.29. The van der Waals surface area contributed by atoms with Crippen LogP contribution in [0.2, 0.25) is 0 Å². The zero-order valence-corrected chi connectivity index (χ0v) is 40.7. The van der Waals surface area contributed by atoms with Crippen LogP contribution in [0.15, 0.2) is 53.6 Å². The van der Waals surface area contributed by atoms with Crippen LogP contribution in [0.5, 0.6) is 0 Å². The lowest BCUT2D eigenvalue weighted by Gasteiger charge is -2.47. The Balaban J connectivity index is 1.48. The Morgan fingerprint density at radius 1 is 0.938 bits per heavy atom. The molecular formula is C52H80N2O11. The Kier molecular flexibility index (Phi) is 20.0. The smallest absolute Gasteiger partial charge is 0.329 e. The highest BCUT2D eigenvalue weighted by Gasteiger charge is 2.56. The standard InChI is InChI=1S/C52H80N2O11/c1-10-23-63-44-29-38(20-21-40(44)53-31-37-17-13-12-14-18-37)27-34(5)47-36(7)42(55)30-43(56)39(11-2)25-32(3)24-33(4)26-45(61-8)48-46(62-9)28-35(6)52(60,65-48)49(57)50(58)54-22-16-15-19-41(54)51(59)64-47/h12-14,17-18,25,27,33,35-36,38-42,44-48,53,55,60H,10-11,15-16,19-24,26,28-31H2,1-9H3. The van der Waals surface area contributed by atoms with Gasteiger partial charge in [0.1, 0.15) is 24.0 Å². The number of Topliss-reactive ketones (excluding diaryl/α,β-unsaturated/α-hetero) is 2. The van der Waals surface area contributed by atoms with Crippen molar-refractivity contribution in [3.63, 3.8) is 0 Å². The van der Waals surface area contributed by atoms with Crippen molar-refractivity contribution in [1.29, 1.82) is 0 Å². The van der Waals surface area contributed by atoms with Crippen LogP contribution >= 0.6 is 0 Å². The van der Waals surface area contributed by atoms with Crippen LogP contribution in [0.25, 0.3) is 0 Å². The van der Waals surface area contributed by atoms with E-state index in [0.29, 0.717) is 38.7 Å². The zero-order chi connectivity index (χ0) is 47.4. The first kappa shape index (κ1) is 52.7. The second kappa shape index (κ2) is 24.6. The third kappa shape index (κ3) is 13.5. The molecule has 14 unspecified atom stereocenters. The normalized spacial score (nSPS) is 36.6. The molecule has 3 heterocycles. The first-order valence-electron chi connectivity index (χ1n) is 24.5. The summed E-state index contributed by atoms with van der Waals surface area (Å²) in [6.45, 7) is 14.9. The summed E-state index contributed by atoms with van der Waals surface area (Å²) >= 11 is 0. The fraction of sp³-hybridized carbons (Fsp3) is 0.731. The Bertz CT molecular complexity index is 1790. The van der Waals surface area contributed by atoms with Crippen molar-refractivity contribution in [2.75, 3.05) is 27.4 Å². The van der Waals surface area contributed by atoms with E-state index >= 15 is 0 Å². The molecule has 1 saturated carbocycles. The van der Waals surface area contributed by atoms with E-state index in [9.17, 15) is 29.4 Å². The molecule has 14 atom stereocenters. The molecule has 13 nitrogen and oxygen atoms in total. The molecule has 5 rings (SSSR count). The van der Waals surface area contributed by atoms with Crippen LogP contribution in [0.4, 0.5) is 0 Å². The van der Waals surface area contributed by atoms with Crippen molar-refractivity contribution in [3.05, 3.63) is 59.2 Å². The molecule has 4 aliphatic rings. The van der Waals surface area contributed by atoms with Gasteiger partial charge in [0.2, 0.25) is 5.79 Å². The highest BCUT2D eigenvalue weighted by Crippen LogP contribution is 2.39. The fourth-order valence-electron chi connectivity index (χ4n) is 10.7. The second-order valence-corrected chi connectivity index (χ2v) is 19.7. The summed E-state index contributed by atoms with van der Waals surface area (Å²) in [6.07, 6.45) is 6.49. The van der Waals surface area contributed by atoms with Gasteiger partial charge in [0.05, 0.1) is 24.4 Å². The monoisotopic (exact) mass is 909 g/mol. The number of ether oxygens (including phenoxy) is 5. The molecule has 0 aromatic heterocycles. The first-order valence-corrected chi connectivity index (χ1v) is 24.5. The number of aliphatic hydroxyl groups excluding tert-OH is 1. The van der Waals surface area contributed by atoms with Crippen LogP contribution in [0.1, 0.15) is 131 Å². The molecule has 2 saturated heterocycles. The van der Waals surface area contributed by atoms with Crippen molar-refractivity contribution in [2.24, 2.45) is 29.6 Å². The molecule has 2 bridgehead atoms. The SMILES string of the molecule is CCCOC1CC(C=C(C)C2OC(=O)C3CCCCN3C(=O)C(=O)C3(O)OC(C(OC)CC(C)CC(C)=CC(CC)C(=O)CC(O)C2C)C(OC)CC3C)CCC1NCc1ccccc1. The van der Waals surface area contributed by atoms with E-state index in [1.165, 1.54) is 10.5 Å². The molecule has 364 valence electrons. The minimum Gasteiger partial charge on any atom is -0.456 e. The van der Waals surface area contributed by atoms with Crippen LogP contribution in [0.3, 0.4) is 0 Å². The zero-order valence-electron chi connectivity index (χ0n) is 40.7. The summed E-state index contributed by atoms with van der Waals surface area (Å²) in [5, 5.41) is 27.7. The van der Waals surface area contributed by atoms with Crippen LogP contribution in [-0.4, -0.2) is 120 Å². The van der Waals surface area contributed by atoms with E-state index < -0.39 is 77.8 Å². The third-order valence-electron chi connectivity index (χ3n) is 14.6. The number of allylic oxidation sites excluding steroid dienone is 3. The molecule has 3 aliphatic heterocycles. The van der Waals surface area contributed by atoms with Gasteiger partial charge in [0.15, 0.2) is 0 Å². The maximum atomic E-state index is 14.6. The van der Waals surface area contributed by atoms with Crippen molar-refractivity contribution in [2.45, 2.75) is 187 Å². The number of methoxy groups -OCH3 is 2. The molecule has 1 amide bonds. The van der Waals surface area contributed by atoms with Gasteiger partial charge in [-0.05, 0) is 107 Å². The number of amides is 1. The highest BCUT2D eigenvalue weighted by atomic mass is 16.7. The molecule has 3 fully saturated rings. The lowest BCUT2D eigenvalue weighted by atomic mass is 9.80. The number of carbonyl (C=O) groups is 4. The molecule has 65 heavy (non-hydrogen) atoms. The summed E-state index contributed by atoms with van der Waals surface area (Å²) in [5.41, 5.74) is 2.95. The van der Waals surface area contributed by atoms with Gasteiger partial charge in [-0.2, -0.15) is 0 Å². The lowest BCUT2D eigenvalue weighted by Crippen LogP contribution is -2.64. The molecular weight excluding hydrogens is 829 g/mol. The predicted molar refractivity (Wildman–Crippen MR) is 248 cm³/mol. The van der Waals surface area contributed by atoms with Crippen LogP contribution < -0.4 is 5.32 Å². The molecule has 0 spiro atoms. The number of fused-ring (bicyclic) bond motifs is 3. The van der Waals surface area contributed by atoms with Crippen molar-refractivity contribution in [3.8, 4) is 0 Å². The number of ketones is 2. The van der Waals surface area contributed by atoms with Gasteiger partial charge < -0.3 is 44.1 Å². The van der Waals surface area contributed by atoms with E-state index in [1.807, 2.05) is 45.0 Å². The highest BCUT2D eigenvalue weighted by molar-refractivity contribution is 6.39. The van der Waals surface area contributed by atoms with Crippen molar-refractivity contribution < 1.29 is 53.1 Å². The number of hydrogen-bond donors (Lipinski definition) is 3. The molecule has 1 aromatic rings. The maximum Gasteiger partial charge on any atom is 0.329 e. The number of cyclic esters (lactones) is 1. The minimum atomic E-state index is -2.50. The van der Waals surface area contributed by atoms with E-state index in [4.69, 9.17) is 23.7 Å². The summed E-state index contributed by atoms with van der Waals surface area (Å²) in [7, 11) is 3.09. The third-order valence-corrected chi connectivity index (χ3v) is 14.6. The average molecular weight is 909 g/mol. The Labute approximate surface area is 388 Å². The maximum absolute atomic E-state index is 14.6. The fourth-order valence-corrected chi connectivity index (χ4v) is 10.7. The number of piperidine rings is 1. The van der Waals surface area contributed by atoms with E-state index in [2.05, 4.69) is 37.4 Å². The number of aliphatic hydroxyl groups is 2. The van der Waals surface area contributed by atoms with E-state index in [0.717, 1.165) is 43.4 Å². The number of rotatable bonds is 11. The van der Waals surface area contributed by atoms with Gasteiger partial charge in [-0.15, -0.1) is 0 Å². The Hall–Kier alpha value is -3.30. The summed E-state index contributed by atoms with van der Waals surface area (Å²) < 4.78 is 31.0. The quantitative estimate of drug-likeness (QED) is 0.118. The van der Waals surface area contributed by atoms with Gasteiger partial charge >= 0.3 is 5.97 Å². The number of carbonyl (C=O) groups excluding carboxylic acids is 4. The van der Waals surface area contributed by atoms with Gasteiger partial charge in [0.25, 0.3) is 11.7 Å². The molecule has 13 heteroatoms. The van der Waals surface area contributed by atoms with Gasteiger partial charge in [0, 0.05) is 64.1 Å². The van der Waals surface area contributed by atoms with Gasteiger partial charge in [-0.1, -0.05) is 82.7 Å². The first-order chi connectivity index (χ1) is 31.0. The summed E-state index contributed by atoms with van der Waals surface area (Å²) in [6, 6.07) is 9.33. The molecule has 1 aliphatic carbocycles. The molecule has 0 radical (unpaired) electrons. The predicted octanol–water partition coefficient (Wildman–Crippen LogP) is 7.05. The van der Waals surface area contributed by atoms with Crippen LogP contribution in [0, 0.1) is 29.6 Å². The van der Waals surface area contributed by atoms with E-state index in [-0.39, 0.29) is 55.6 Å². The minimum absolute atomic E-state index is 0.0382. The largest absolute Gasteiger partial charge is 0.456 e. The number of nitrogens with one attached hydrogen (secondary N) is 1. The van der Waals surface area contributed by atoms with Crippen LogP contribution in [-0.2, 0) is 49.4 Å². The van der Waals surface area contributed by atoms with Crippen molar-refractivity contribution in [1.82, 2.24) is 10.2 Å². The van der Waals surface area contributed by atoms with Gasteiger partial charge in [-0.3, -0.25) is 14.4 Å². The number of benzene rings is 1. The topological polar surface area (TPSA) is 170 Å². The molecule has 1 aromatic carbocycles. The second-order valence-electron chi connectivity index (χ2n) is 19.7. The van der Waals surface area contributed by atoms with Crippen molar-refractivity contribution >= 4 is 23.4 Å². The molecule has 3 N–H and O–H groups in total.